The molecule has 0 saturated carbocycles. The van der Waals surface area contributed by atoms with E-state index in [-0.39, 0.29) is 17.7 Å². The normalized spacial score (nSPS) is 12.8. The third kappa shape index (κ3) is 3.75. The third-order valence-electron chi connectivity index (χ3n) is 3.41. The quantitative estimate of drug-likeness (QED) is 0.319. The van der Waals surface area contributed by atoms with Crippen molar-refractivity contribution in [2.45, 2.75) is 24.8 Å². The lowest BCUT2D eigenvalue weighted by Crippen LogP contribution is -2.19. The molecule has 0 aliphatic rings. The summed E-state index contributed by atoms with van der Waals surface area (Å²) in [5, 5.41) is 2.04. The highest BCUT2D eigenvalue weighted by Gasteiger charge is 2.55. The van der Waals surface area contributed by atoms with Crippen molar-refractivity contribution in [1.29, 1.82) is 0 Å². The van der Waals surface area contributed by atoms with E-state index in [1.807, 2.05) is 18.2 Å². The minimum Gasteiger partial charge on any atom is -0.304 e. The first-order chi connectivity index (χ1) is 11.3. The Hall–Kier alpha value is -0.330. The van der Waals surface area contributed by atoms with Gasteiger partial charge >= 0.3 is 13.3 Å². The van der Waals surface area contributed by atoms with Gasteiger partial charge in [0.05, 0.1) is 13.2 Å². The predicted octanol–water partition coefficient (Wildman–Crippen LogP) is 6.81. The van der Waals surface area contributed by atoms with Gasteiger partial charge in [-0.05, 0) is 42.3 Å². The molecule has 0 amide bonds. The number of fused-ring (bicyclic) bond motifs is 1. The van der Waals surface area contributed by atoms with Crippen LogP contribution < -0.4 is 0 Å². The number of hydrogen-bond donors (Lipinski definition) is 0. The number of rotatable bonds is 7. The van der Waals surface area contributed by atoms with Crippen LogP contribution in [0.4, 0.5) is 8.78 Å². The second-order valence-corrected chi connectivity index (χ2v) is 8.51. The Morgan fingerprint density at radius 2 is 1.71 bits per heavy atom. The molecular formula is C16H17Br2F2O3P. The molecule has 0 radical (unpaired) electrons. The Balaban J connectivity index is 2.63. The van der Waals surface area contributed by atoms with Crippen LogP contribution in [0.1, 0.15) is 25.0 Å². The molecule has 2 aromatic carbocycles. The van der Waals surface area contributed by atoms with E-state index in [2.05, 4.69) is 31.9 Å². The molecule has 132 valence electrons. The van der Waals surface area contributed by atoms with Gasteiger partial charge in [0, 0.05) is 15.4 Å². The lowest BCUT2D eigenvalue weighted by atomic mass is 10.0. The number of hydrogen-bond acceptors (Lipinski definition) is 3. The lowest BCUT2D eigenvalue weighted by molar-refractivity contribution is 0.0356. The van der Waals surface area contributed by atoms with Gasteiger partial charge < -0.3 is 9.05 Å². The van der Waals surface area contributed by atoms with Gasteiger partial charge in [0.15, 0.2) is 0 Å². The van der Waals surface area contributed by atoms with Crippen molar-refractivity contribution in [3.63, 3.8) is 0 Å². The molecule has 2 rings (SSSR count). The fraction of sp³-hybridized carbons (Fsp3) is 0.375. The summed E-state index contributed by atoms with van der Waals surface area (Å²) in [7, 11) is -4.64. The second kappa shape index (κ2) is 7.92. The smallest absolute Gasteiger partial charge is 0.304 e. The lowest BCUT2D eigenvalue weighted by Gasteiger charge is -2.27. The van der Waals surface area contributed by atoms with Crippen molar-refractivity contribution in [3.8, 4) is 0 Å². The summed E-state index contributed by atoms with van der Waals surface area (Å²) >= 11 is 6.51. The Bertz CT molecular complexity index is 773. The molecule has 0 N–H and O–H groups in total. The highest BCUT2D eigenvalue weighted by molar-refractivity contribution is 9.10. The van der Waals surface area contributed by atoms with Crippen LogP contribution in [-0.4, -0.2) is 13.2 Å². The summed E-state index contributed by atoms with van der Waals surface area (Å²) < 4.78 is 52.5. The number of alkyl halides is 3. The first-order valence-electron chi connectivity index (χ1n) is 7.34. The maximum atomic E-state index is 15.0. The molecule has 0 atom stereocenters. The average Bonchev–Trinajstić information content (AvgIpc) is 2.54. The molecule has 0 aromatic heterocycles. The SMILES string of the molecule is CCOP(=O)(OCC)C(F)(F)c1cc2cc(CBr)ccc2cc1Br. The zero-order valence-electron chi connectivity index (χ0n) is 13.2. The van der Waals surface area contributed by atoms with Crippen LogP contribution in [0.15, 0.2) is 34.8 Å². The van der Waals surface area contributed by atoms with Crippen molar-refractivity contribution >= 4 is 50.2 Å². The van der Waals surface area contributed by atoms with E-state index in [0.29, 0.717) is 10.7 Å². The summed E-state index contributed by atoms with van der Waals surface area (Å²) in [5.41, 5.74) is -3.22. The van der Waals surface area contributed by atoms with Crippen molar-refractivity contribution in [1.82, 2.24) is 0 Å². The van der Waals surface area contributed by atoms with E-state index in [9.17, 15) is 13.3 Å². The minimum absolute atomic E-state index is 0.133. The van der Waals surface area contributed by atoms with Gasteiger partial charge in [-0.25, -0.2) is 0 Å². The highest BCUT2D eigenvalue weighted by atomic mass is 79.9. The van der Waals surface area contributed by atoms with Gasteiger partial charge in [-0.1, -0.05) is 50.1 Å². The van der Waals surface area contributed by atoms with E-state index in [4.69, 9.17) is 9.05 Å². The third-order valence-corrected chi connectivity index (χ3v) is 6.84. The highest BCUT2D eigenvalue weighted by Crippen LogP contribution is 2.67. The molecule has 0 unspecified atom stereocenters. The molecule has 0 aliphatic carbocycles. The largest absolute Gasteiger partial charge is 0.404 e. The Kier molecular flexibility index (Phi) is 6.59. The molecule has 0 fully saturated rings. The second-order valence-electron chi connectivity index (χ2n) is 5.02. The number of benzene rings is 2. The van der Waals surface area contributed by atoms with Gasteiger partial charge in [0.1, 0.15) is 0 Å². The monoisotopic (exact) mass is 484 g/mol. The van der Waals surface area contributed by atoms with E-state index in [1.54, 1.807) is 6.07 Å². The van der Waals surface area contributed by atoms with Crippen molar-refractivity contribution in [3.05, 3.63) is 45.9 Å². The fourth-order valence-corrected chi connectivity index (χ4v) is 4.99. The first kappa shape index (κ1) is 20.0. The fourth-order valence-electron chi connectivity index (χ4n) is 2.32. The van der Waals surface area contributed by atoms with Crippen LogP contribution in [0.3, 0.4) is 0 Å². The summed E-state index contributed by atoms with van der Waals surface area (Å²) in [6.07, 6.45) is 0. The van der Waals surface area contributed by atoms with Gasteiger partial charge in [-0.3, -0.25) is 4.57 Å². The molecule has 8 heteroatoms. The predicted molar refractivity (Wildman–Crippen MR) is 99.0 cm³/mol. The van der Waals surface area contributed by atoms with Crippen molar-refractivity contribution in [2.24, 2.45) is 0 Å². The van der Waals surface area contributed by atoms with Crippen LogP contribution >= 0.6 is 39.5 Å². The minimum atomic E-state index is -4.64. The van der Waals surface area contributed by atoms with E-state index in [1.165, 1.54) is 19.9 Å². The maximum absolute atomic E-state index is 15.0. The molecule has 0 saturated heterocycles. The van der Waals surface area contributed by atoms with Gasteiger partial charge in [-0.2, -0.15) is 8.78 Å². The molecule has 2 aromatic rings. The Morgan fingerprint density at radius 3 is 2.25 bits per heavy atom. The molecular weight excluding hydrogens is 469 g/mol. The van der Waals surface area contributed by atoms with Crippen LogP contribution in [0.5, 0.6) is 0 Å². The molecule has 0 aliphatic heterocycles. The molecule has 24 heavy (non-hydrogen) atoms. The summed E-state index contributed by atoms with van der Waals surface area (Å²) in [6.45, 7) is 2.73. The first-order valence-corrected chi connectivity index (χ1v) is 10.8. The topological polar surface area (TPSA) is 35.5 Å². The van der Waals surface area contributed by atoms with Crippen LogP contribution in [0.25, 0.3) is 10.8 Å². The zero-order chi connectivity index (χ0) is 18.0. The number of halogens is 4. The summed E-state index contributed by atoms with van der Waals surface area (Å²) in [5.74, 6) is 0. The van der Waals surface area contributed by atoms with Gasteiger partial charge in [-0.15, -0.1) is 0 Å². The van der Waals surface area contributed by atoms with E-state index in [0.717, 1.165) is 10.9 Å². The molecule has 3 nitrogen and oxygen atoms in total. The average molecular weight is 486 g/mol. The van der Waals surface area contributed by atoms with Crippen LogP contribution in [0, 0.1) is 0 Å². The summed E-state index contributed by atoms with van der Waals surface area (Å²) in [4.78, 5) is 0. The Morgan fingerprint density at radius 1 is 1.08 bits per heavy atom. The van der Waals surface area contributed by atoms with Gasteiger partial charge in [0.2, 0.25) is 0 Å². The molecule has 0 heterocycles. The Labute approximate surface area is 156 Å². The van der Waals surface area contributed by atoms with Crippen molar-refractivity contribution in [2.75, 3.05) is 13.2 Å². The van der Waals surface area contributed by atoms with Crippen molar-refractivity contribution < 1.29 is 22.4 Å². The van der Waals surface area contributed by atoms with E-state index >= 15 is 0 Å². The maximum Gasteiger partial charge on any atom is 0.404 e. The summed E-state index contributed by atoms with van der Waals surface area (Å²) in [6, 6.07) is 8.48. The standard InChI is InChI=1S/C16H17Br2F2O3P/c1-3-22-24(21,23-4-2)16(19,20)14-8-13-7-11(10-17)5-6-12(13)9-15(14)18/h5-9H,3-4,10H2,1-2H3. The van der Waals surface area contributed by atoms with E-state index < -0.39 is 18.8 Å². The molecule has 0 bridgehead atoms. The van der Waals surface area contributed by atoms with Gasteiger partial charge in [0.25, 0.3) is 0 Å². The van der Waals surface area contributed by atoms with Crippen LogP contribution in [-0.2, 0) is 24.6 Å². The van der Waals surface area contributed by atoms with Crippen LogP contribution in [0.2, 0.25) is 0 Å². The zero-order valence-corrected chi connectivity index (χ0v) is 17.3. The molecule has 0 spiro atoms.